The summed E-state index contributed by atoms with van der Waals surface area (Å²) in [5.74, 6) is -2.26. The normalized spacial score (nSPS) is 12.8. The van der Waals surface area contributed by atoms with Gasteiger partial charge in [0.25, 0.3) is 0 Å². The van der Waals surface area contributed by atoms with Crippen LogP contribution in [0, 0.1) is 18.6 Å². The summed E-state index contributed by atoms with van der Waals surface area (Å²) in [6, 6.07) is 4.83. The Bertz CT molecular complexity index is 1220. The van der Waals surface area contributed by atoms with E-state index in [2.05, 4.69) is 20.0 Å². The van der Waals surface area contributed by atoms with Crippen LogP contribution in [0.25, 0.3) is 10.4 Å². The summed E-state index contributed by atoms with van der Waals surface area (Å²) in [6.07, 6.45) is 3.93. The molecule has 0 unspecified atom stereocenters. The van der Waals surface area contributed by atoms with E-state index in [0.29, 0.717) is 21.3 Å². The predicted molar refractivity (Wildman–Crippen MR) is 121 cm³/mol. The number of nitrogens with two attached hydrogens (primary N) is 1. The Kier molecular flexibility index (Phi) is 6.16. The van der Waals surface area contributed by atoms with Crippen LogP contribution >= 0.6 is 22.9 Å². The van der Waals surface area contributed by atoms with Gasteiger partial charge in [-0.3, -0.25) is 9.00 Å². The van der Waals surface area contributed by atoms with Crippen LogP contribution in [0.1, 0.15) is 5.69 Å². The number of rotatable bonds is 6. The average Bonchev–Trinajstić information content (AvgIpc) is 3.02. The summed E-state index contributed by atoms with van der Waals surface area (Å²) < 4.78 is 45.1. The van der Waals surface area contributed by atoms with Crippen molar-refractivity contribution in [3.63, 3.8) is 0 Å². The third kappa shape index (κ3) is 4.90. The highest BCUT2D eigenvalue weighted by atomic mass is 35.5. The van der Waals surface area contributed by atoms with Crippen LogP contribution in [0.2, 0.25) is 5.15 Å². The minimum atomic E-state index is -4.26. The van der Waals surface area contributed by atoms with Crippen LogP contribution in [0.5, 0.6) is 0 Å². The number of aryl methyl sites for hydroxylation is 1. The van der Waals surface area contributed by atoms with Gasteiger partial charge in [-0.1, -0.05) is 29.0 Å². The largest absolute Gasteiger partial charge is 0.322 e. The molecule has 2 aromatic heterocycles. The smallest absolute Gasteiger partial charge is 0.239 e. The van der Waals surface area contributed by atoms with E-state index < -0.39 is 25.8 Å². The van der Waals surface area contributed by atoms with Crippen molar-refractivity contribution in [1.82, 2.24) is 9.97 Å². The molecule has 0 aliphatic carbocycles. The first-order chi connectivity index (χ1) is 14.4. The SMILES string of the molecule is Cc1nc(NC(=O)CN)sc1-c1cnc(Cl)c(NS(C)(C)(=O)c2c(F)cccc2F)c1. The predicted octanol–water partition coefficient (Wildman–Crippen LogP) is 3.81. The summed E-state index contributed by atoms with van der Waals surface area (Å²) in [4.78, 5) is 20.0. The average molecular weight is 488 g/mol. The van der Waals surface area contributed by atoms with E-state index in [-0.39, 0.29) is 23.3 Å². The van der Waals surface area contributed by atoms with Crippen LogP contribution in [-0.4, -0.2) is 39.1 Å². The standard InChI is InChI=1S/C19H20ClF2N5O2S2/c1-10-16(30-19(25-10)26-15(28)8-23)11-7-14(18(20)24-9-11)27-31(2,3,29)17-12(21)5-4-6-13(17)22/h4-7,9H,8,23H2,1-3H3,(H,27,29)(H,25,26,28). The van der Waals surface area contributed by atoms with Gasteiger partial charge < -0.3 is 15.8 Å². The van der Waals surface area contributed by atoms with Crippen LogP contribution in [0.3, 0.4) is 0 Å². The first kappa shape index (κ1) is 23.2. The monoisotopic (exact) mass is 487 g/mol. The van der Waals surface area contributed by atoms with E-state index in [4.69, 9.17) is 17.3 Å². The molecule has 1 aromatic carbocycles. The molecule has 31 heavy (non-hydrogen) atoms. The number of thiazole rings is 1. The molecule has 1 amide bonds. The summed E-state index contributed by atoms with van der Waals surface area (Å²) in [7, 11) is -4.26. The highest BCUT2D eigenvalue weighted by molar-refractivity contribution is 8.19. The molecule has 7 nitrogen and oxygen atoms in total. The third-order valence-electron chi connectivity index (χ3n) is 4.25. The van der Waals surface area contributed by atoms with Crippen LogP contribution < -0.4 is 15.8 Å². The second-order valence-corrected chi connectivity index (χ2v) is 12.9. The molecule has 12 heteroatoms. The van der Waals surface area contributed by atoms with Crippen molar-refractivity contribution in [2.75, 3.05) is 29.1 Å². The Hall–Kier alpha value is -2.47. The zero-order valence-corrected chi connectivity index (χ0v) is 19.2. The second-order valence-electron chi connectivity index (χ2n) is 7.23. The molecule has 3 rings (SSSR count). The van der Waals surface area contributed by atoms with Gasteiger partial charge in [-0.15, -0.1) is 0 Å². The minimum Gasteiger partial charge on any atom is -0.322 e. The maximum absolute atomic E-state index is 14.4. The number of halogens is 3. The van der Waals surface area contributed by atoms with E-state index >= 15 is 0 Å². The fourth-order valence-corrected chi connectivity index (χ4v) is 6.29. The molecule has 0 saturated carbocycles. The number of hydrogen-bond acceptors (Lipinski definition) is 6. The quantitative estimate of drug-likeness (QED) is 0.458. The summed E-state index contributed by atoms with van der Waals surface area (Å²) in [5.41, 5.74) is 6.61. The number of hydrogen-bond donors (Lipinski definition) is 3. The van der Waals surface area contributed by atoms with Gasteiger partial charge in [0.05, 0.1) is 22.8 Å². The molecule has 0 aliphatic rings. The van der Waals surface area contributed by atoms with Crippen LogP contribution in [0.15, 0.2) is 35.4 Å². The highest BCUT2D eigenvalue weighted by Gasteiger charge is 2.34. The topological polar surface area (TPSA) is 110 Å². The van der Waals surface area contributed by atoms with Crippen LogP contribution in [-0.2, 0) is 14.0 Å². The number of nitrogens with zero attached hydrogens (tertiary/aromatic N) is 2. The Balaban J connectivity index is 2.03. The molecule has 4 N–H and O–H groups in total. The minimum absolute atomic E-state index is 0.0260. The van der Waals surface area contributed by atoms with Gasteiger partial charge >= 0.3 is 0 Å². The lowest BCUT2D eigenvalue weighted by atomic mass is 10.2. The Labute approximate surface area is 186 Å². The van der Waals surface area contributed by atoms with Gasteiger partial charge in [0.2, 0.25) is 5.91 Å². The first-order valence-corrected chi connectivity index (χ1v) is 12.8. The van der Waals surface area contributed by atoms with Crippen molar-refractivity contribution in [2.24, 2.45) is 5.73 Å². The number of anilines is 2. The van der Waals surface area contributed by atoms with Crippen molar-refractivity contribution < 1.29 is 17.8 Å². The number of amides is 1. The van der Waals surface area contributed by atoms with Gasteiger partial charge in [0.15, 0.2) is 10.3 Å². The lowest BCUT2D eigenvalue weighted by Gasteiger charge is -2.37. The third-order valence-corrected chi connectivity index (χ3v) is 8.06. The van der Waals surface area contributed by atoms with Crippen molar-refractivity contribution >= 4 is 48.9 Å². The van der Waals surface area contributed by atoms with E-state index in [1.807, 2.05) is 0 Å². The van der Waals surface area contributed by atoms with Crippen molar-refractivity contribution in [1.29, 1.82) is 0 Å². The molecule has 3 aromatic rings. The fraction of sp³-hybridized carbons (Fsp3) is 0.211. The molecule has 0 atom stereocenters. The lowest BCUT2D eigenvalue weighted by Crippen LogP contribution is -2.40. The van der Waals surface area contributed by atoms with Gasteiger partial charge in [-0.05, 0) is 34.4 Å². The molecular formula is C19H20ClF2N5O2S2. The Morgan fingerprint density at radius 2 is 1.94 bits per heavy atom. The first-order valence-electron chi connectivity index (χ1n) is 8.87. The number of benzene rings is 1. The van der Waals surface area contributed by atoms with Gasteiger partial charge in [0, 0.05) is 24.3 Å². The summed E-state index contributed by atoms with van der Waals surface area (Å²) in [6.45, 7) is 1.56. The maximum atomic E-state index is 14.4. The Morgan fingerprint density at radius 3 is 2.55 bits per heavy atom. The highest BCUT2D eigenvalue weighted by Crippen LogP contribution is 2.39. The van der Waals surface area contributed by atoms with E-state index in [9.17, 15) is 17.8 Å². The molecule has 2 heterocycles. The van der Waals surface area contributed by atoms with E-state index in [1.54, 1.807) is 13.0 Å². The summed E-state index contributed by atoms with van der Waals surface area (Å²) in [5, 5.41) is 2.91. The molecule has 0 bridgehead atoms. The molecular weight excluding hydrogens is 468 g/mol. The zero-order valence-electron chi connectivity index (χ0n) is 16.8. The molecule has 0 fully saturated rings. The molecule has 166 valence electrons. The molecule has 0 spiro atoms. The number of aromatic nitrogens is 2. The fourth-order valence-electron chi connectivity index (χ4n) is 2.95. The number of carbonyl (C=O) groups is 1. The summed E-state index contributed by atoms with van der Waals surface area (Å²) >= 11 is 7.38. The van der Waals surface area contributed by atoms with Gasteiger partial charge in [-0.2, -0.15) is 0 Å². The number of carbonyl (C=O) groups excluding carboxylic acids is 1. The number of pyridine rings is 1. The molecule has 0 saturated heterocycles. The molecule has 0 radical (unpaired) electrons. The lowest BCUT2D eigenvalue weighted by molar-refractivity contribution is -0.114. The van der Waals surface area contributed by atoms with Crippen molar-refractivity contribution in [3.8, 4) is 10.4 Å². The molecule has 0 aliphatic heterocycles. The number of nitrogens with one attached hydrogen (secondary N) is 2. The van der Waals surface area contributed by atoms with E-state index in [1.165, 1.54) is 36.1 Å². The van der Waals surface area contributed by atoms with Gasteiger partial charge in [0.1, 0.15) is 16.5 Å². The van der Waals surface area contributed by atoms with Crippen LogP contribution in [0.4, 0.5) is 19.6 Å². The van der Waals surface area contributed by atoms with Crippen molar-refractivity contribution in [3.05, 3.63) is 52.9 Å². The van der Waals surface area contributed by atoms with E-state index in [0.717, 1.165) is 12.1 Å². The maximum Gasteiger partial charge on any atom is 0.239 e. The second kappa shape index (κ2) is 8.23. The van der Waals surface area contributed by atoms with Gasteiger partial charge in [-0.25, -0.2) is 18.7 Å². The van der Waals surface area contributed by atoms with Crippen molar-refractivity contribution in [2.45, 2.75) is 11.8 Å². The Morgan fingerprint density at radius 1 is 1.29 bits per heavy atom. The zero-order chi connectivity index (χ0) is 23.0.